The lowest BCUT2D eigenvalue weighted by Gasteiger charge is -2.41. The second-order valence-electron chi connectivity index (χ2n) is 22.8. The summed E-state index contributed by atoms with van der Waals surface area (Å²) in [4.78, 5) is 26.6. The van der Waals surface area contributed by atoms with Crippen molar-refractivity contribution in [3.8, 4) is 0 Å². The van der Waals surface area contributed by atoms with Crippen LogP contribution >= 0.6 is 0 Å². The molecule has 1 aliphatic heterocycles. The van der Waals surface area contributed by atoms with E-state index in [0.717, 1.165) is 96.3 Å². The largest absolute Gasteiger partial charge is 0.454 e. The van der Waals surface area contributed by atoms with Crippen LogP contribution in [0.1, 0.15) is 290 Å². The number of hydrogen-bond acceptors (Lipinski definition) is 10. The fraction of sp³-hybridized carbons (Fsp3) is 0.797. The van der Waals surface area contributed by atoms with E-state index in [1.807, 2.05) is 6.08 Å². The average molecular weight is 1130 g/mol. The Morgan fingerprint density at radius 1 is 0.500 bits per heavy atom. The number of amides is 1. The third-order valence-corrected chi connectivity index (χ3v) is 15.4. The van der Waals surface area contributed by atoms with Crippen LogP contribution in [0.5, 0.6) is 0 Å². The minimum atomic E-state index is -1.61. The third kappa shape index (κ3) is 43.7. The number of ether oxygens (including phenoxy) is 3. The SMILES string of the molecule is CC/C=C\C/C=C\C/C=C\C/C=C\C/C=C\CCCCCCCCCCCCC(O)C(=O)NC(COC1OC(CO)C(O)C(O)C1OC(=O)CCCCCCCCCCCCCCCC)C(O)/C=C/CCCCCCCCCCC. The molecular formula is C69H123NO10. The Kier molecular flexibility index (Phi) is 53.1. The van der Waals surface area contributed by atoms with E-state index in [-0.39, 0.29) is 19.4 Å². The van der Waals surface area contributed by atoms with Crippen molar-refractivity contribution in [3.63, 3.8) is 0 Å². The minimum Gasteiger partial charge on any atom is -0.454 e. The summed E-state index contributed by atoms with van der Waals surface area (Å²) in [6.45, 7) is 5.68. The van der Waals surface area contributed by atoms with Crippen LogP contribution in [-0.2, 0) is 23.8 Å². The Balaban J connectivity index is 2.57. The van der Waals surface area contributed by atoms with Crippen molar-refractivity contribution in [2.45, 2.75) is 339 Å². The Hall–Kier alpha value is -2.90. The molecule has 11 heteroatoms. The molecule has 8 unspecified atom stereocenters. The number of carbonyl (C=O) groups is 2. The number of aliphatic hydroxyl groups excluding tert-OH is 5. The summed E-state index contributed by atoms with van der Waals surface area (Å²) in [6.07, 6.45) is 62.3. The Morgan fingerprint density at radius 2 is 0.900 bits per heavy atom. The Morgan fingerprint density at radius 3 is 1.35 bits per heavy atom. The van der Waals surface area contributed by atoms with Gasteiger partial charge < -0.3 is 45.1 Å². The fourth-order valence-corrected chi connectivity index (χ4v) is 10.1. The van der Waals surface area contributed by atoms with Gasteiger partial charge in [0.15, 0.2) is 12.4 Å². The molecule has 1 aliphatic rings. The first kappa shape index (κ1) is 75.1. The summed E-state index contributed by atoms with van der Waals surface area (Å²) in [5, 5.41) is 57.0. The number of hydrogen-bond donors (Lipinski definition) is 6. The maximum atomic E-state index is 13.4. The van der Waals surface area contributed by atoms with Gasteiger partial charge in [-0.05, 0) is 70.6 Å². The highest BCUT2D eigenvalue weighted by Crippen LogP contribution is 2.26. The molecule has 0 radical (unpaired) electrons. The van der Waals surface area contributed by atoms with Crippen molar-refractivity contribution in [1.29, 1.82) is 0 Å². The van der Waals surface area contributed by atoms with E-state index in [2.05, 4.69) is 86.8 Å². The van der Waals surface area contributed by atoms with E-state index in [9.17, 15) is 35.1 Å². The van der Waals surface area contributed by atoms with Gasteiger partial charge in [-0.2, -0.15) is 0 Å². The van der Waals surface area contributed by atoms with Crippen molar-refractivity contribution in [2.24, 2.45) is 0 Å². The normalized spacial score (nSPS) is 19.2. The summed E-state index contributed by atoms with van der Waals surface area (Å²) >= 11 is 0. The summed E-state index contributed by atoms with van der Waals surface area (Å²) in [7, 11) is 0. The topological polar surface area (TPSA) is 175 Å². The summed E-state index contributed by atoms with van der Waals surface area (Å²) < 4.78 is 17.6. The first-order chi connectivity index (χ1) is 39.2. The molecule has 0 aromatic carbocycles. The predicted molar refractivity (Wildman–Crippen MR) is 333 cm³/mol. The van der Waals surface area contributed by atoms with Crippen molar-refractivity contribution < 1.29 is 49.3 Å². The van der Waals surface area contributed by atoms with Crippen LogP contribution in [0.15, 0.2) is 72.9 Å². The molecule has 0 bridgehead atoms. The zero-order valence-electron chi connectivity index (χ0n) is 51.4. The van der Waals surface area contributed by atoms with Crippen LogP contribution in [0, 0.1) is 0 Å². The second-order valence-corrected chi connectivity index (χ2v) is 22.8. The molecule has 80 heavy (non-hydrogen) atoms. The molecule has 8 atom stereocenters. The second kappa shape index (κ2) is 56.6. The third-order valence-electron chi connectivity index (χ3n) is 15.4. The summed E-state index contributed by atoms with van der Waals surface area (Å²) in [6, 6.07) is -1.03. The monoisotopic (exact) mass is 1130 g/mol. The number of carbonyl (C=O) groups excluding carboxylic acids is 2. The van der Waals surface area contributed by atoms with Crippen molar-refractivity contribution in [1.82, 2.24) is 5.32 Å². The Bertz CT molecular complexity index is 1580. The highest BCUT2D eigenvalue weighted by atomic mass is 16.7. The Labute approximate surface area is 490 Å². The van der Waals surface area contributed by atoms with Crippen LogP contribution in [0.3, 0.4) is 0 Å². The molecule has 6 N–H and O–H groups in total. The lowest BCUT2D eigenvalue weighted by atomic mass is 9.99. The molecule has 11 nitrogen and oxygen atoms in total. The maximum Gasteiger partial charge on any atom is 0.306 e. The van der Waals surface area contributed by atoms with Gasteiger partial charge in [-0.15, -0.1) is 0 Å². The minimum absolute atomic E-state index is 0.125. The van der Waals surface area contributed by atoms with Crippen LogP contribution in [0.4, 0.5) is 0 Å². The molecule has 1 rings (SSSR count). The molecule has 1 heterocycles. The quantitative estimate of drug-likeness (QED) is 0.0195. The molecule has 0 aliphatic carbocycles. The van der Waals surface area contributed by atoms with Crippen LogP contribution in [0.25, 0.3) is 0 Å². The number of allylic oxidation sites excluding steroid dienone is 11. The van der Waals surface area contributed by atoms with Gasteiger partial charge in [0.05, 0.1) is 25.4 Å². The van der Waals surface area contributed by atoms with Crippen LogP contribution in [0.2, 0.25) is 0 Å². The lowest BCUT2D eigenvalue weighted by molar-refractivity contribution is -0.305. The van der Waals surface area contributed by atoms with Gasteiger partial charge in [-0.25, -0.2) is 0 Å². The molecule has 1 saturated heterocycles. The number of esters is 1. The number of unbranched alkanes of at least 4 members (excludes halogenated alkanes) is 32. The molecule has 1 amide bonds. The van der Waals surface area contributed by atoms with Crippen molar-refractivity contribution in [2.75, 3.05) is 13.2 Å². The van der Waals surface area contributed by atoms with Gasteiger partial charge in [0.1, 0.15) is 24.4 Å². The molecule has 0 aromatic rings. The smallest absolute Gasteiger partial charge is 0.306 e. The predicted octanol–water partition coefficient (Wildman–Crippen LogP) is 16.3. The van der Waals surface area contributed by atoms with E-state index in [1.165, 1.54) is 148 Å². The first-order valence-electron chi connectivity index (χ1n) is 33.2. The van der Waals surface area contributed by atoms with Gasteiger partial charge in [-0.1, -0.05) is 286 Å². The standard InChI is InChI=1S/C69H123NO10/c1-4-7-10-13-16-19-22-24-26-27-28-29-30-31-32-33-34-35-36-37-38-41-44-47-50-53-56-62(73)68(77)70-60(61(72)55-52-49-46-43-40-21-18-15-12-9-6-3)59-78-69-67(66(76)65(75)63(58-71)79-69)80-64(74)57-54-51-48-45-42-39-25-23-20-17-14-11-8-5-2/h7,10,16,19,24,26,28-29,31-32,52,55,60-63,65-67,69,71-73,75-76H,4-6,8-9,11-15,17-18,20-23,25,27,30,33-51,53-54,56-59H2,1-3H3,(H,70,77)/b10-7-,19-16-,26-24-,29-28-,32-31-,55-52+. The van der Waals surface area contributed by atoms with Crippen LogP contribution < -0.4 is 5.32 Å². The van der Waals surface area contributed by atoms with E-state index >= 15 is 0 Å². The number of rotatable bonds is 56. The van der Waals surface area contributed by atoms with Crippen molar-refractivity contribution >= 4 is 11.9 Å². The first-order valence-corrected chi connectivity index (χ1v) is 33.2. The zero-order valence-corrected chi connectivity index (χ0v) is 51.4. The maximum absolute atomic E-state index is 13.4. The number of aliphatic hydroxyl groups is 5. The van der Waals surface area contributed by atoms with E-state index < -0.39 is 67.4 Å². The van der Waals surface area contributed by atoms with Gasteiger partial charge >= 0.3 is 5.97 Å². The van der Waals surface area contributed by atoms with E-state index in [4.69, 9.17) is 14.2 Å². The van der Waals surface area contributed by atoms with E-state index in [1.54, 1.807) is 6.08 Å². The van der Waals surface area contributed by atoms with Gasteiger partial charge in [0, 0.05) is 6.42 Å². The lowest BCUT2D eigenvalue weighted by Crippen LogP contribution is -2.61. The highest BCUT2D eigenvalue weighted by Gasteiger charge is 2.47. The molecule has 464 valence electrons. The molecule has 0 spiro atoms. The number of nitrogens with one attached hydrogen (secondary N) is 1. The highest BCUT2D eigenvalue weighted by molar-refractivity contribution is 5.80. The average Bonchev–Trinajstić information content (AvgIpc) is 3.46. The zero-order chi connectivity index (χ0) is 58.2. The van der Waals surface area contributed by atoms with Crippen LogP contribution in [-0.4, -0.2) is 99.6 Å². The van der Waals surface area contributed by atoms with Gasteiger partial charge in [-0.3, -0.25) is 9.59 Å². The summed E-state index contributed by atoms with van der Waals surface area (Å²) in [5.41, 5.74) is 0. The molecular weight excluding hydrogens is 1000 g/mol. The fourth-order valence-electron chi connectivity index (χ4n) is 10.1. The summed E-state index contributed by atoms with van der Waals surface area (Å²) in [5.74, 6) is -1.19. The molecule has 1 fully saturated rings. The molecule has 0 saturated carbocycles. The molecule has 0 aromatic heterocycles. The van der Waals surface area contributed by atoms with Gasteiger partial charge in [0.2, 0.25) is 5.91 Å². The van der Waals surface area contributed by atoms with Gasteiger partial charge in [0.25, 0.3) is 0 Å². The van der Waals surface area contributed by atoms with E-state index in [0.29, 0.717) is 12.8 Å². The van der Waals surface area contributed by atoms with Crippen molar-refractivity contribution in [3.05, 3.63) is 72.9 Å².